The van der Waals surface area contributed by atoms with E-state index in [4.69, 9.17) is 9.47 Å². The molecule has 78 valence electrons. The molecular weight excluding hydrogens is 236 g/mol. The topological polar surface area (TPSA) is 35.5 Å². The van der Waals surface area contributed by atoms with Crippen LogP contribution in [0, 0.1) is 0 Å². The van der Waals surface area contributed by atoms with Gasteiger partial charge in [-0.3, -0.25) is 4.79 Å². The first-order valence-corrected chi connectivity index (χ1v) is 5.19. The lowest BCUT2D eigenvalue weighted by Crippen LogP contribution is -2.31. The van der Waals surface area contributed by atoms with E-state index < -0.39 is 4.32 Å². The molecule has 0 heterocycles. The fourth-order valence-electron chi connectivity index (χ4n) is 0.940. The second kappa shape index (κ2) is 6.38. The molecule has 0 N–H and O–H groups in total. The molecule has 0 radical (unpaired) electrons. The lowest BCUT2D eigenvalue weighted by atomic mass is 10.1. The van der Waals surface area contributed by atoms with Crippen molar-refractivity contribution in [3.8, 4) is 0 Å². The number of rotatable bonds is 6. The van der Waals surface area contributed by atoms with Gasteiger partial charge < -0.3 is 9.47 Å². The molecule has 0 saturated heterocycles. The van der Waals surface area contributed by atoms with Crippen LogP contribution in [0.3, 0.4) is 0 Å². The monoisotopic (exact) mass is 252 g/mol. The second-order valence-corrected chi connectivity index (χ2v) is 4.83. The number of hydrogen-bond donors (Lipinski definition) is 0. The zero-order chi connectivity index (χ0) is 10.3. The van der Waals surface area contributed by atoms with Crippen molar-refractivity contribution in [2.24, 2.45) is 0 Å². The molecule has 0 aromatic rings. The van der Waals surface area contributed by atoms with Crippen molar-refractivity contribution in [2.75, 3.05) is 20.3 Å². The molecule has 0 fully saturated rings. The molecule has 1 atom stereocenters. The van der Waals surface area contributed by atoms with Crippen molar-refractivity contribution in [3.63, 3.8) is 0 Å². The van der Waals surface area contributed by atoms with E-state index in [1.54, 1.807) is 7.11 Å². The number of ether oxygens (including phenoxy) is 2. The summed E-state index contributed by atoms with van der Waals surface area (Å²) in [5.74, 6) is -0.216. The molecule has 0 bridgehead atoms. The van der Waals surface area contributed by atoms with Gasteiger partial charge in [-0.05, 0) is 13.3 Å². The largest absolute Gasteiger partial charge is 0.462 e. The smallest absolute Gasteiger partial charge is 0.322 e. The van der Waals surface area contributed by atoms with Gasteiger partial charge in [0.05, 0.1) is 6.61 Å². The number of carbonyl (C=O) groups is 1. The van der Waals surface area contributed by atoms with E-state index >= 15 is 0 Å². The van der Waals surface area contributed by atoms with Crippen LogP contribution in [-0.4, -0.2) is 30.6 Å². The van der Waals surface area contributed by atoms with Crippen LogP contribution >= 0.6 is 15.9 Å². The van der Waals surface area contributed by atoms with Crippen molar-refractivity contribution < 1.29 is 14.3 Å². The highest BCUT2D eigenvalue weighted by molar-refractivity contribution is 9.10. The van der Waals surface area contributed by atoms with Crippen LogP contribution in [-0.2, 0) is 14.3 Å². The Balaban J connectivity index is 3.80. The molecule has 0 saturated carbocycles. The molecular formula is C9H17BrO3. The van der Waals surface area contributed by atoms with Crippen molar-refractivity contribution >= 4 is 21.9 Å². The van der Waals surface area contributed by atoms with E-state index in [0.29, 0.717) is 13.2 Å². The molecule has 0 rings (SSSR count). The van der Waals surface area contributed by atoms with Gasteiger partial charge in [0.15, 0.2) is 0 Å². The standard InChI is InChI=1S/C9H17BrO3/c1-4-5-9(2,10)8(11)13-7-6-12-3/h4-7H2,1-3H3. The lowest BCUT2D eigenvalue weighted by molar-refractivity contribution is -0.147. The minimum absolute atomic E-state index is 0.216. The van der Waals surface area contributed by atoms with Gasteiger partial charge in [-0.2, -0.15) is 0 Å². The maximum Gasteiger partial charge on any atom is 0.322 e. The minimum atomic E-state index is -0.546. The Labute approximate surface area is 87.9 Å². The third-order valence-electron chi connectivity index (χ3n) is 1.67. The van der Waals surface area contributed by atoms with Gasteiger partial charge in [-0.1, -0.05) is 29.3 Å². The average Bonchev–Trinajstić information content (AvgIpc) is 2.04. The van der Waals surface area contributed by atoms with E-state index in [1.807, 2.05) is 13.8 Å². The predicted octanol–water partition coefficient (Wildman–Crippen LogP) is 2.13. The van der Waals surface area contributed by atoms with E-state index in [-0.39, 0.29) is 5.97 Å². The van der Waals surface area contributed by atoms with Crippen molar-refractivity contribution in [2.45, 2.75) is 31.0 Å². The molecule has 0 spiro atoms. The van der Waals surface area contributed by atoms with Crippen molar-refractivity contribution in [3.05, 3.63) is 0 Å². The highest BCUT2D eigenvalue weighted by atomic mass is 79.9. The van der Waals surface area contributed by atoms with Crippen LogP contribution in [0.1, 0.15) is 26.7 Å². The molecule has 0 aliphatic heterocycles. The molecule has 13 heavy (non-hydrogen) atoms. The Hall–Kier alpha value is -0.0900. The fraction of sp³-hybridized carbons (Fsp3) is 0.889. The molecule has 4 heteroatoms. The zero-order valence-corrected chi connectivity index (χ0v) is 10.0. The summed E-state index contributed by atoms with van der Waals surface area (Å²) in [5, 5.41) is 0. The predicted molar refractivity (Wildman–Crippen MR) is 55.1 cm³/mol. The zero-order valence-electron chi connectivity index (χ0n) is 8.43. The van der Waals surface area contributed by atoms with Gasteiger partial charge in [-0.25, -0.2) is 0 Å². The number of carbonyl (C=O) groups excluding carboxylic acids is 1. The maximum absolute atomic E-state index is 11.4. The second-order valence-electron chi connectivity index (χ2n) is 3.08. The maximum atomic E-state index is 11.4. The lowest BCUT2D eigenvalue weighted by Gasteiger charge is -2.19. The molecule has 0 aliphatic rings. The summed E-state index contributed by atoms with van der Waals surface area (Å²) in [5.41, 5.74) is 0. The third-order valence-corrected chi connectivity index (χ3v) is 2.39. The average molecular weight is 253 g/mol. The van der Waals surface area contributed by atoms with Gasteiger partial charge in [-0.15, -0.1) is 0 Å². The molecule has 0 amide bonds. The van der Waals surface area contributed by atoms with Crippen molar-refractivity contribution in [1.82, 2.24) is 0 Å². The van der Waals surface area contributed by atoms with Crippen LogP contribution in [0.5, 0.6) is 0 Å². The summed E-state index contributed by atoms with van der Waals surface area (Å²) in [4.78, 5) is 11.4. The van der Waals surface area contributed by atoms with Crippen LogP contribution in [0.2, 0.25) is 0 Å². The van der Waals surface area contributed by atoms with Crippen LogP contribution in [0.15, 0.2) is 0 Å². The summed E-state index contributed by atoms with van der Waals surface area (Å²) < 4.78 is 9.22. The molecule has 3 nitrogen and oxygen atoms in total. The van der Waals surface area contributed by atoms with Gasteiger partial charge in [0.25, 0.3) is 0 Å². The Morgan fingerprint density at radius 1 is 1.46 bits per heavy atom. The first-order valence-electron chi connectivity index (χ1n) is 4.39. The summed E-state index contributed by atoms with van der Waals surface area (Å²) in [6.45, 7) is 4.62. The first kappa shape index (κ1) is 12.9. The Bertz CT molecular complexity index is 157. The summed E-state index contributed by atoms with van der Waals surface area (Å²) in [7, 11) is 1.58. The van der Waals surface area contributed by atoms with E-state index in [2.05, 4.69) is 15.9 Å². The number of esters is 1. The van der Waals surface area contributed by atoms with Gasteiger partial charge in [0, 0.05) is 7.11 Å². The summed E-state index contributed by atoms with van der Waals surface area (Å²) in [6.07, 6.45) is 1.72. The first-order chi connectivity index (χ1) is 6.04. The molecule has 0 aromatic heterocycles. The van der Waals surface area contributed by atoms with Gasteiger partial charge >= 0.3 is 5.97 Å². The Morgan fingerprint density at radius 3 is 2.54 bits per heavy atom. The van der Waals surface area contributed by atoms with Gasteiger partial charge in [0.1, 0.15) is 10.9 Å². The van der Waals surface area contributed by atoms with E-state index in [9.17, 15) is 4.79 Å². The summed E-state index contributed by atoms with van der Waals surface area (Å²) >= 11 is 3.34. The van der Waals surface area contributed by atoms with Crippen LogP contribution in [0.4, 0.5) is 0 Å². The number of hydrogen-bond acceptors (Lipinski definition) is 3. The van der Waals surface area contributed by atoms with Crippen molar-refractivity contribution in [1.29, 1.82) is 0 Å². The fourth-order valence-corrected chi connectivity index (χ4v) is 1.45. The number of alkyl halides is 1. The highest BCUT2D eigenvalue weighted by Gasteiger charge is 2.30. The Kier molecular flexibility index (Phi) is 6.33. The number of halogens is 1. The quantitative estimate of drug-likeness (QED) is 0.413. The van der Waals surface area contributed by atoms with Crippen LogP contribution in [0.25, 0.3) is 0 Å². The van der Waals surface area contributed by atoms with E-state index in [0.717, 1.165) is 12.8 Å². The summed E-state index contributed by atoms with van der Waals surface area (Å²) in [6, 6.07) is 0. The number of methoxy groups -OCH3 is 1. The molecule has 0 aliphatic carbocycles. The Morgan fingerprint density at radius 2 is 2.08 bits per heavy atom. The molecule has 1 unspecified atom stereocenters. The van der Waals surface area contributed by atoms with E-state index in [1.165, 1.54) is 0 Å². The van der Waals surface area contributed by atoms with Crippen LogP contribution < -0.4 is 0 Å². The minimum Gasteiger partial charge on any atom is -0.462 e. The molecule has 0 aromatic carbocycles. The highest BCUT2D eigenvalue weighted by Crippen LogP contribution is 2.24. The third kappa shape index (κ3) is 5.26. The van der Waals surface area contributed by atoms with Gasteiger partial charge in [0.2, 0.25) is 0 Å². The SMILES string of the molecule is CCCC(C)(Br)C(=O)OCCOC. The normalized spacial score (nSPS) is 15.1.